The van der Waals surface area contributed by atoms with Crippen molar-refractivity contribution < 1.29 is 14.3 Å². The third-order valence-corrected chi connectivity index (χ3v) is 23.9. The number of benzene rings is 1. The molecule has 0 spiro atoms. The fourth-order valence-electron chi connectivity index (χ4n) is 5.04. The standard InChI is InChI=1S/C19H19INO3.3C4H9.Sn/c1-23-19(22)10-4-2-3-7-15-13-21-12-11-16(15)14-24-18-9-6-5-8-17(18)20;3*1-3-4-2;/h3,5-6,8-9,11-13H,2,4,10,14H2,1H3;3*1,3-4H2,2H3;. The van der Waals surface area contributed by atoms with E-state index in [9.17, 15) is 4.79 Å². The summed E-state index contributed by atoms with van der Waals surface area (Å²) < 4.78 is 18.1. The predicted molar refractivity (Wildman–Crippen MR) is 166 cm³/mol. The van der Waals surface area contributed by atoms with E-state index in [1.165, 1.54) is 70.1 Å². The van der Waals surface area contributed by atoms with Crippen LogP contribution in [-0.4, -0.2) is 36.4 Å². The zero-order valence-corrected chi connectivity index (χ0v) is 28.4. The summed E-state index contributed by atoms with van der Waals surface area (Å²) in [7, 11) is 1.47. The quantitative estimate of drug-likeness (QED) is 0.0665. The molecule has 37 heavy (non-hydrogen) atoms. The van der Waals surface area contributed by atoms with E-state index in [2.05, 4.69) is 72.8 Å². The number of esters is 1. The van der Waals surface area contributed by atoms with E-state index in [1.54, 1.807) is 3.59 Å². The minimum atomic E-state index is -2.80. The average Bonchev–Trinajstić information content (AvgIpc) is 2.93. The van der Waals surface area contributed by atoms with Crippen molar-refractivity contribution in [2.24, 2.45) is 0 Å². The molecular formula is C31H46INO3Sn. The van der Waals surface area contributed by atoms with E-state index in [0.717, 1.165) is 22.2 Å². The zero-order chi connectivity index (χ0) is 26.9. The predicted octanol–water partition coefficient (Wildman–Crippen LogP) is 9.38. The third-order valence-electron chi connectivity index (χ3n) is 7.18. The Morgan fingerprint density at radius 1 is 0.973 bits per heavy atom. The molecule has 0 aliphatic rings. The first-order valence-corrected chi connectivity index (χ1v) is 22.6. The maximum absolute atomic E-state index is 11.8. The van der Waals surface area contributed by atoms with Crippen molar-refractivity contribution in [3.63, 3.8) is 0 Å². The molecule has 0 bridgehead atoms. The second kappa shape index (κ2) is 18.2. The van der Waals surface area contributed by atoms with Crippen LogP contribution in [0, 0.1) is 3.57 Å². The van der Waals surface area contributed by atoms with Crippen LogP contribution in [0.4, 0.5) is 0 Å². The SMILES string of the molecule is CCC[CH2][Sn]([CH2]CCC)([CH2]CCC)/[C](=C/CCCC(=O)OC)c1cnccc1COc1ccccc1I. The van der Waals surface area contributed by atoms with E-state index >= 15 is 0 Å². The van der Waals surface area contributed by atoms with Crippen molar-refractivity contribution in [3.8, 4) is 5.75 Å². The molecule has 0 amide bonds. The van der Waals surface area contributed by atoms with Gasteiger partial charge in [-0.25, -0.2) is 0 Å². The van der Waals surface area contributed by atoms with Gasteiger partial charge in [-0.05, 0) is 0 Å². The Morgan fingerprint density at radius 2 is 1.62 bits per heavy atom. The molecule has 0 N–H and O–H groups in total. The molecule has 0 aliphatic heterocycles. The Morgan fingerprint density at radius 3 is 2.22 bits per heavy atom. The molecule has 0 saturated carbocycles. The summed E-state index contributed by atoms with van der Waals surface area (Å²) in [5.41, 5.74) is 2.52. The maximum atomic E-state index is 11.8. The van der Waals surface area contributed by atoms with Crippen LogP contribution in [0.15, 0.2) is 48.8 Å². The Bertz CT molecular complexity index is 957. The number of methoxy groups -OCH3 is 1. The van der Waals surface area contributed by atoms with Crippen LogP contribution in [0.3, 0.4) is 0 Å². The summed E-state index contributed by atoms with van der Waals surface area (Å²) in [5, 5.41) is 0. The van der Waals surface area contributed by atoms with Gasteiger partial charge in [0.05, 0.1) is 0 Å². The number of nitrogens with zero attached hydrogens (tertiary/aromatic N) is 1. The number of para-hydroxylation sites is 1. The number of rotatable bonds is 18. The summed E-state index contributed by atoms with van der Waals surface area (Å²) in [5.74, 6) is 0.799. The van der Waals surface area contributed by atoms with Gasteiger partial charge in [0, 0.05) is 0 Å². The van der Waals surface area contributed by atoms with E-state index in [1.807, 2.05) is 24.4 Å². The second-order valence-corrected chi connectivity index (χ2v) is 24.2. The Balaban J connectivity index is 2.52. The summed E-state index contributed by atoms with van der Waals surface area (Å²) >= 11 is -0.462. The van der Waals surface area contributed by atoms with Crippen LogP contribution in [0.2, 0.25) is 13.3 Å². The van der Waals surface area contributed by atoms with E-state index in [4.69, 9.17) is 9.47 Å². The number of halogens is 1. The van der Waals surface area contributed by atoms with Crippen LogP contribution in [0.5, 0.6) is 5.75 Å². The molecule has 1 heterocycles. The number of pyridine rings is 1. The molecule has 0 fully saturated rings. The summed E-state index contributed by atoms with van der Waals surface area (Å²) in [6.07, 6.45) is 16.3. The first-order valence-electron chi connectivity index (χ1n) is 14.1. The average molecular weight is 726 g/mol. The fourth-order valence-corrected chi connectivity index (χ4v) is 22.8. The number of carbonyl (C=O) groups is 1. The van der Waals surface area contributed by atoms with Crippen molar-refractivity contribution in [2.45, 2.75) is 98.5 Å². The third kappa shape index (κ3) is 10.5. The Hall–Kier alpha value is -1.09. The molecule has 2 rings (SSSR count). The molecule has 0 atom stereocenters. The molecule has 2 aromatic rings. The molecule has 204 valence electrons. The number of ether oxygens (including phenoxy) is 2. The van der Waals surface area contributed by atoms with Crippen LogP contribution < -0.4 is 4.74 Å². The van der Waals surface area contributed by atoms with Gasteiger partial charge in [-0.2, -0.15) is 0 Å². The molecule has 1 aromatic heterocycles. The van der Waals surface area contributed by atoms with Crippen molar-refractivity contribution in [3.05, 3.63) is 63.5 Å². The van der Waals surface area contributed by atoms with Gasteiger partial charge < -0.3 is 0 Å². The molecule has 4 nitrogen and oxygen atoms in total. The second-order valence-electron chi connectivity index (χ2n) is 9.93. The van der Waals surface area contributed by atoms with Gasteiger partial charge in [-0.3, -0.25) is 0 Å². The van der Waals surface area contributed by atoms with Crippen molar-refractivity contribution >= 4 is 50.5 Å². The topological polar surface area (TPSA) is 48.4 Å². The first kappa shape index (κ1) is 32.1. The normalized spacial score (nSPS) is 12.0. The van der Waals surface area contributed by atoms with Gasteiger partial charge >= 0.3 is 245 Å². The van der Waals surface area contributed by atoms with Crippen LogP contribution >= 0.6 is 22.6 Å². The minimum absolute atomic E-state index is 0.124. The number of allylic oxidation sites excluding steroid dienone is 1. The van der Waals surface area contributed by atoms with Gasteiger partial charge in [0.1, 0.15) is 0 Å². The van der Waals surface area contributed by atoms with Gasteiger partial charge in [0.15, 0.2) is 0 Å². The first-order chi connectivity index (χ1) is 18.0. The van der Waals surface area contributed by atoms with E-state index in [0.29, 0.717) is 13.0 Å². The van der Waals surface area contributed by atoms with Crippen molar-refractivity contribution in [1.29, 1.82) is 0 Å². The molecule has 1 aromatic carbocycles. The van der Waals surface area contributed by atoms with Gasteiger partial charge in [0.2, 0.25) is 0 Å². The molecule has 6 heteroatoms. The van der Waals surface area contributed by atoms with Gasteiger partial charge in [-0.1, -0.05) is 0 Å². The Labute approximate surface area is 243 Å². The summed E-state index contributed by atoms with van der Waals surface area (Å²) in [4.78, 5) is 16.4. The summed E-state index contributed by atoms with van der Waals surface area (Å²) in [6.45, 7) is 7.50. The zero-order valence-electron chi connectivity index (χ0n) is 23.4. The van der Waals surface area contributed by atoms with Gasteiger partial charge in [0.25, 0.3) is 0 Å². The van der Waals surface area contributed by atoms with Crippen LogP contribution in [0.1, 0.15) is 89.7 Å². The molecule has 0 radical (unpaired) electrons. The molecule has 0 unspecified atom stereocenters. The fraction of sp³-hybridized carbons (Fsp3) is 0.548. The van der Waals surface area contributed by atoms with Crippen molar-refractivity contribution in [2.75, 3.05) is 7.11 Å². The van der Waals surface area contributed by atoms with E-state index < -0.39 is 18.4 Å². The molecule has 0 aliphatic carbocycles. The number of carbonyl (C=O) groups excluding carboxylic acids is 1. The monoisotopic (exact) mass is 727 g/mol. The Kier molecular flexibility index (Phi) is 15.8. The van der Waals surface area contributed by atoms with Crippen molar-refractivity contribution in [1.82, 2.24) is 4.98 Å². The van der Waals surface area contributed by atoms with Gasteiger partial charge in [-0.15, -0.1) is 0 Å². The van der Waals surface area contributed by atoms with Crippen LogP contribution in [-0.2, 0) is 16.1 Å². The summed E-state index contributed by atoms with van der Waals surface area (Å²) in [6, 6.07) is 10.3. The number of unbranched alkanes of at least 4 members (excludes halogenated alkanes) is 4. The number of hydrogen-bond donors (Lipinski definition) is 0. The van der Waals surface area contributed by atoms with Crippen LogP contribution in [0.25, 0.3) is 3.59 Å². The number of aromatic nitrogens is 1. The number of hydrogen-bond acceptors (Lipinski definition) is 4. The molecule has 0 saturated heterocycles. The molecular weight excluding hydrogens is 680 g/mol. The van der Waals surface area contributed by atoms with E-state index in [-0.39, 0.29) is 5.97 Å².